The second-order valence-electron chi connectivity index (χ2n) is 4.46. The maximum Gasteiger partial charge on any atom is 0.377 e. The first-order valence-electron chi connectivity index (χ1n) is 6.38. The Hall–Kier alpha value is -3.83. The Morgan fingerprint density at radius 3 is 2.42 bits per heavy atom. The summed E-state index contributed by atoms with van der Waals surface area (Å²) < 4.78 is 0. The number of nitro benzene ring substituents is 1. The van der Waals surface area contributed by atoms with Crippen LogP contribution in [-0.4, -0.2) is 25.7 Å². The van der Waals surface area contributed by atoms with Crippen molar-refractivity contribution in [3.8, 4) is 0 Å². The van der Waals surface area contributed by atoms with Crippen molar-refractivity contribution in [3.05, 3.63) is 66.7 Å². The van der Waals surface area contributed by atoms with Crippen molar-refractivity contribution >= 4 is 23.1 Å². The lowest BCUT2D eigenvalue weighted by atomic mass is 10.1. The number of nitro groups is 2. The molecule has 3 N–H and O–H groups in total. The number of aromatic amines is 1. The summed E-state index contributed by atoms with van der Waals surface area (Å²) in [6, 6.07) is 5.32. The van der Waals surface area contributed by atoms with E-state index in [0.29, 0.717) is 5.56 Å². The number of carbonyl (C=O) groups is 1. The minimum Gasteiger partial charge on any atom is -0.307 e. The number of H-pyrrole nitrogens is 1. The van der Waals surface area contributed by atoms with Crippen molar-refractivity contribution in [1.29, 1.82) is 0 Å². The Balaban J connectivity index is 2.01. The van der Waals surface area contributed by atoms with E-state index in [1.54, 1.807) is 0 Å². The van der Waals surface area contributed by atoms with E-state index in [9.17, 15) is 29.8 Å². The zero-order valence-corrected chi connectivity index (χ0v) is 11.9. The summed E-state index contributed by atoms with van der Waals surface area (Å²) in [7, 11) is 0. The summed E-state index contributed by atoms with van der Waals surface area (Å²) in [5.41, 5.74) is 2.94. The van der Waals surface area contributed by atoms with Crippen molar-refractivity contribution in [1.82, 2.24) is 15.4 Å². The third kappa shape index (κ3) is 3.88. The van der Waals surface area contributed by atoms with Gasteiger partial charge in [-0.1, -0.05) is 12.1 Å². The van der Waals surface area contributed by atoms with Gasteiger partial charge in [-0.15, -0.1) is 0 Å². The topological polar surface area (TPSA) is 173 Å². The molecule has 0 atom stereocenters. The first kappa shape index (κ1) is 16.5. The molecule has 24 heavy (non-hydrogen) atoms. The van der Waals surface area contributed by atoms with E-state index >= 15 is 0 Å². The zero-order valence-electron chi connectivity index (χ0n) is 11.9. The van der Waals surface area contributed by atoms with Gasteiger partial charge >= 0.3 is 11.2 Å². The Morgan fingerprint density at radius 1 is 1.17 bits per heavy atom. The van der Waals surface area contributed by atoms with Crippen molar-refractivity contribution < 1.29 is 14.6 Å². The van der Waals surface area contributed by atoms with Gasteiger partial charge in [-0.05, 0) is 5.56 Å². The molecule has 0 aliphatic carbocycles. The molecule has 0 radical (unpaired) electrons. The Labute approximate surface area is 132 Å². The third-order valence-electron chi connectivity index (χ3n) is 2.84. The van der Waals surface area contributed by atoms with E-state index in [2.05, 4.69) is 15.8 Å². The number of hydrogen-bond donors (Lipinski definition) is 3. The van der Waals surface area contributed by atoms with Gasteiger partial charge in [-0.25, -0.2) is 4.98 Å². The van der Waals surface area contributed by atoms with Crippen LogP contribution in [0.2, 0.25) is 0 Å². The second kappa shape index (κ2) is 6.95. The number of rotatable bonds is 6. The molecule has 0 spiro atoms. The van der Waals surface area contributed by atoms with Gasteiger partial charge in [-0.3, -0.25) is 40.7 Å². The smallest absolute Gasteiger partial charge is 0.307 e. The Bertz CT molecular complexity index is 846. The maximum atomic E-state index is 11.8. The van der Waals surface area contributed by atoms with E-state index in [0.717, 1.165) is 6.33 Å². The molecule has 1 aromatic heterocycles. The van der Waals surface area contributed by atoms with Gasteiger partial charge in [0.25, 0.3) is 5.69 Å². The van der Waals surface area contributed by atoms with Crippen LogP contribution in [0.5, 0.6) is 0 Å². The highest BCUT2D eigenvalue weighted by molar-refractivity contribution is 5.80. The number of carbonyl (C=O) groups excluding carboxylic acids is 1. The summed E-state index contributed by atoms with van der Waals surface area (Å²) in [5, 5.41) is 21.3. The summed E-state index contributed by atoms with van der Waals surface area (Å²) in [6.45, 7) is 0. The molecule has 2 rings (SSSR count). The third-order valence-corrected chi connectivity index (χ3v) is 2.84. The van der Waals surface area contributed by atoms with E-state index in [-0.39, 0.29) is 12.1 Å². The number of anilines is 1. The number of non-ortho nitro benzene ring substituents is 1. The molecule has 0 unspecified atom stereocenters. The van der Waals surface area contributed by atoms with Gasteiger partial charge in [0.15, 0.2) is 0 Å². The lowest BCUT2D eigenvalue weighted by Gasteiger charge is -2.07. The summed E-state index contributed by atoms with van der Waals surface area (Å²) in [5.74, 6) is -0.999. The average molecular weight is 334 g/mol. The molecule has 0 bridgehead atoms. The summed E-state index contributed by atoms with van der Waals surface area (Å²) >= 11 is 0. The highest BCUT2D eigenvalue weighted by Crippen LogP contribution is 2.14. The second-order valence-corrected chi connectivity index (χ2v) is 4.46. The molecule has 0 fully saturated rings. The first-order chi connectivity index (χ1) is 11.4. The first-order valence-corrected chi connectivity index (χ1v) is 6.38. The Kier molecular flexibility index (Phi) is 4.79. The minimum absolute atomic E-state index is 0.111. The number of benzene rings is 1. The highest BCUT2D eigenvalue weighted by atomic mass is 16.6. The van der Waals surface area contributed by atoms with Crippen LogP contribution < -0.4 is 16.4 Å². The number of amides is 1. The van der Waals surface area contributed by atoms with Crippen molar-refractivity contribution in [2.24, 2.45) is 0 Å². The minimum atomic E-state index is -0.970. The molecular formula is C12H10N6O6. The van der Waals surface area contributed by atoms with Crippen molar-refractivity contribution in [3.63, 3.8) is 0 Å². The van der Waals surface area contributed by atoms with Crippen LogP contribution in [0, 0.1) is 20.2 Å². The van der Waals surface area contributed by atoms with E-state index in [1.807, 2.05) is 4.98 Å². The lowest BCUT2D eigenvalue weighted by Crippen LogP contribution is -2.32. The van der Waals surface area contributed by atoms with Crippen LogP contribution in [0.25, 0.3) is 0 Å². The van der Waals surface area contributed by atoms with Gasteiger partial charge in [-0.2, -0.15) is 0 Å². The van der Waals surface area contributed by atoms with E-state index in [1.165, 1.54) is 24.3 Å². The van der Waals surface area contributed by atoms with Crippen LogP contribution in [0.4, 0.5) is 17.2 Å². The molecule has 124 valence electrons. The molecular weight excluding hydrogens is 324 g/mol. The molecule has 0 aliphatic heterocycles. The molecule has 0 aliphatic rings. The number of nitrogens with zero attached hydrogens (tertiary/aromatic N) is 3. The average Bonchev–Trinajstić information content (AvgIpc) is 2.53. The van der Waals surface area contributed by atoms with Gasteiger partial charge in [0.1, 0.15) is 0 Å². The van der Waals surface area contributed by atoms with Crippen LogP contribution in [0.1, 0.15) is 5.56 Å². The molecule has 12 nitrogen and oxygen atoms in total. The highest BCUT2D eigenvalue weighted by Gasteiger charge is 2.20. The standard InChI is InChI=1S/C12H10N6O6/c19-9(5-7-1-3-8(4-2-7)17(21)22)15-16-11-10(18(23)24)12(20)14-6-13-11/h1-4,6H,5H2,(H,15,19)(H2,13,14,16,20). The van der Waals surface area contributed by atoms with Crippen molar-refractivity contribution in [2.75, 3.05) is 5.43 Å². The maximum absolute atomic E-state index is 11.8. The van der Waals surface area contributed by atoms with Crippen LogP contribution in [-0.2, 0) is 11.2 Å². The lowest BCUT2D eigenvalue weighted by molar-refractivity contribution is -0.385. The number of aromatic nitrogens is 2. The summed E-state index contributed by atoms with van der Waals surface area (Å²) in [4.78, 5) is 48.6. The quantitative estimate of drug-likeness (QED) is 0.498. The Morgan fingerprint density at radius 2 is 1.83 bits per heavy atom. The molecule has 1 amide bonds. The SMILES string of the molecule is O=C(Cc1ccc([N+](=O)[O-])cc1)NNc1nc[nH]c(=O)c1[N+](=O)[O-]. The predicted molar refractivity (Wildman–Crippen MR) is 80.1 cm³/mol. The van der Waals surface area contributed by atoms with Crippen molar-refractivity contribution in [2.45, 2.75) is 6.42 Å². The van der Waals surface area contributed by atoms with Gasteiger partial charge in [0.2, 0.25) is 11.7 Å². The monoisotopic (exact) mass is 334 g/mol. The van der Waals surface area contributed by atoms with Gasteiger partial charge in [0.05, 0.1) is 22.6 Å². The number of hydrogen-bond acceptors (Lipinski definition) is 8. The number of hydrazine groups is 1. The normalized spacial score (nSPS) is 10.0. The molecule has 0 saturated carbocycles. The van der Waals surface area contributed by atoms with Crippen LogP contribution in [0.15, 0.2) is 35.4 Å². The van der Waals surface area contributed by atoms with E-state index in [4.69, 9.17) is 0 Å². The van der Waals surface area contributed by atoms with Crippen LogP contribution in [0.3, 0.4) is 0 Å². The molecule has 2 aromatic rings. The summed E-state index contributed by atoms with van der Waals surface area (Å²) in [6.07, 6.45) is 0.808. The van der Waals surface area contributed by atoms with Gasteiger partial charge < -0.3 is 4.98 Å². The largest absolute Gasteiger partial charge is 0.377 e. The fourth-order valence-electron chi connectivity index (χ4n) is 1.75. The zero-order chi connectivity index (χ0) is 17.7. The molecule has 1 aromatic carbocycles. The van der Waals surface area contributed by atoms with E-state index < -0.39 is 32.8 Å². The molecule has 0 saturated heterocycles. The van der Waals surface area contributed by atoms with Crippen LogP contribution >= 0.6 is 0 Å². The fourth-order valence-corrected chi connectivity index (χ4v) is 1.75. The fraction of sp³-hybridized carbons (Fsp3) is 0.0833. The molecule has 12 heteroatoms. The number of nitrogens with one attached hydrogen (secondary N) is 3. The predicted octanol–water partition coefficient (Wildman–Crippen LogP) is 0.272. The van der Waals surface area contributed by atoms with Gasteiger partial charge in [0, 0.05) is 12.1 Å². The molecule has 1 heterocycles.